The van der Waals surface area contributed by atoms with E-state index < -0.39 is 5.97 Å². The quantitative estimate of drug-likeness (QED) is 0.572. The molecule has 1 saturated heterocycles. The minimum absolute atomic E-state index is 0.000608. The van der Waals surface area contributed by atoms with Crippen LogP contribution in [0.3, 0.4) is 0 Å². The summed E-state index contributed by atoms with van der Waals surface area (Å²) in [7, 11) is 1.34. The molecule has 1 aliphatic rings. The molecule has 1 fully saturated rings. The third kappa shape index (κ3) is 6.35. The molecule has 2 N–H and O–H groups in total. The summed E-state index contributed by atoms with van der Waals surface area (Å²) in [6.07, 6.45) is 2.15. The molecule has 0 saturated carbocycles. The molecule has 3 amide bonds. The van der Waals surface area contributed by atoms with Gasteiger partial charge in [0.2, 0.25) is 5.91 Å². The van der Waals surface area contributed by atoms with Crippen molar-refractivity contribution >= 4 is 23.6 Å². The Hall–Kier alpha value is -3.79. The van der Waals surface area contributed by atoms with Crippen LogP contribution >= 0.6 is 0 Å². The van der Waals surface area contributed by atoms with Crippen LogP contribution in [0, 0.1) is 11.8 Å². The fourth-order valence-corrected chi connectivity index (χ4v) is 3.47. The number of methoxy groups -OCH3 is 1. The summed E-state index contributed by atoms with van der Waals surface area (Å²) in [6.45, 7) is 2.96. The van der Waals surface area contributed by atoms with Gasteiger partial charge in [-0.25, -0.2) is 9.59 Å². The predicted molar refractivity (Wildman–Crippen MR) is 122 cm³/mol. The Balaban J connectivity index is 1.64. The summed E-state index contributed by atoms with van der Waals surface area (Å²) >= 11 is 0. The van der Waals surface area contributed by atoms with Gasteiger partial charge < -0.3 is 20.3 Å². The summed E-state index contributed by atoms with van der Waals surface area (Å²) < 4.78 is 4.74. The van der Waals surface area contributed by atoms with Crippen molar-refractivity contribution in [3.8, 4) is 11.8 Å². The third-order valence-electron chi connectivity index (χ3n) is 5.14. The van der Waals surface area contributed by atoms with Crippen LogP contribution in [0.5, 0.6) is 0 Å². The minimum Gasteiger partial charge on any atom is -0.465 e. The summed E-state index contributed by atoms with van der Waals surface area (Å²) in [5, 5.41) is 5.88. The first-order valence-corrected chi connectivity index (χ1v) is 10.6. The maximum atomic E-state index is 12.7. The Morgan fingerprint density at radius 3 is 2.53 bits per heavy atom. The van der Waals surface area contributed by atoms with Gasteiger partial charge in [0.15, 0.2) is 0 Å². The topological polar surface area (TPSA) is 87.7 Å². The zero-order chi connectivity index (χ0) is 22.9. The number of piperidine rings is 1. The number of likely N-dealkylation sites (tertiary alicyclic amines) is 1. The van der Waals surface area contributed by atoms with E-state index in [2.05, 4.69) is 22.5 Å². The van der Waals surface area contributed by atoms with Gasteiger partial charge in [-0.15, -0.1) is 0 Å². The first-order valence-electron chi connectivity index (χ1n) is 10.6. The number of nitrogens with zero attached hydrogens (tertiary/aromatic N) is 1. The molecule has 7 nitrogen and oxygen atoms in total. The highest BCUT2D eigenvalue weighted by atomic mass is 16.5. The van der Waals surface area contributed by atoms with E-state index in [9.17, 15) is 14.4 Å². The van der Waals surface area contributed by atoms with E-state index in [0.29, 0.717) is 36.3 Å². The lowest BCUT2D eigenvalue weighted by molar-refractivity contribution is -0.121. The van der Waals surface area contributed by atoms with Crippen molar-refractivity contribution in [2.24, 2.45) is 0 Å². The molecule has 166 valence electrons. The van der Waals surface area contributed by atoms with Gasteiger partial charge in [0.25, 0.3) is 0 Å². The van der Waals surface area contributed by atoms with Gasteiger partial charge >= 0.3 is 12.0 Å². The molecule has 32 heavy (non-hydrogen) atoms. The molecule has 1 aliphatic heterocycles. The normalized spacial score (nSPS) is 15.2. The van der Waals surface area contributed by atoms with Crippen LogP contribution in [0.1, 0.15) is 47.7 Å². The lowest BCUT2D eigenvalue weighted by Gasteiger charge is -2.33. The molecule has 7 heteroatoms. The molecule has 0 aliphatic carbocycles. The van der Waals surface area contributed by atoms with Crippen molar-refractivity contribution in [1.29, 1.82) is 0 Å². The van der Waals surface area contributed by atoms with Crippen molar-refractivity contribution in [3.05, 3.63) is 65.2 Å². The molecule has 3 rings (SSSR count). The minimum atomic E-state index is -0.410. The second-order valence-corrected chi connectivity index (χ2v) is 7.54. The molecule has 1 atom stereocenters. The second-order valence-electron chi connectivity index (χ2n) is 7.54. The van der Waals surface area contributed by atoms with E-state index in [0.717, 1.165) is 18.4 Å². The number of hydrogen-bond donors (Lipinski definition) is 2. The first-order chi connectivity index (χ1) is 15.5. The molecule has 0 spiro atoms. The fraction of sp³-hybridized carbons (Fsp3) is 0.320. The van der Waals surface area contributed by atoms with Gasteiger partial charge in [0.1, 0.15) is 0 Å². The van der Waals surface area contributed by atoms with Crippen molar-refractivity contribution in [2.45, 2.75) is 32.2 Å². The monoisotopic (exact) mass is 433 g/mol. The van der Waals surface area contributed by atoms with Crippen LogP contribution in [-0.2, 0) is 9.53 Å². The van der Waals surface area contributed by atoms with E-state index in [4.69, 9.17) is 4.74 Å². The predicted octanol–water partition coefficient (Wildman–Crippen LogP) is 3.40. The highest BCUT2D eigenvalue weighted by molar-refractivity contribution is 5.90. The van der Waals surface area contributed by atoms with Crippen LogP contribution < -0.4 is 10.6 Å². The molecule has 0 radical (unpaired) electrons. The number of nitrogens with one attached hydrogen (secondary N) is 2. The van der Waals surface area contributed by atoms with E-state index in [-0.39, 0.29) is 18.0 Å². The largest absolute Gasteiger partial charge is 0.465 e. The maximum Gasteiger partial charge on any atom is 0.337 e. The van der Waals surface area contributed by atoms with Crippen LogP contribution in [0.4, 0.5) is 10.5 Å². The summed E-state index contributed by atoms with van der Waals surface area (Å²) in [5.74, 6) is 5.68. The van der Waals surface area contributed by atoms with Gasteiger partial charge in [-0.3, -0.25) is 4.79 Å². The number of urea groups is 1. The van der Waals surface area contributed by atoms with Crippen LogP contribution in [0.2, 0.25) is 0 Å². The number of benzene rings is 2. The smallest absolute Gasteiger partial charge is 0.337 e. The van der Waals surface area contributed by atoms with E-state index in [1.54, 1.807) is 35.2 Å². The number of anilines is 1. The zero-order valence-corrected chi connectivity index (χ0v) is 18.3. The van der Waals surface area contributed by atoms with Crippen molar-refractivity contribution in [1.82, 2.24) is 10.2 Å². The van der Waals surface area contributed by atoms with Crippen LogP contribution in [0.15, 0.2) is 48.5 Å². The summed E-state index contributed by atoms with van der Waals surface area (Å²) in [5.41, 5.74) is 2.51. The first kappa shape index (κ1) is 22.9. The average Bonchev–Trinajstić information content (AvgIpc) is 2.82. The van der Waals surface area contributed by atoms with Crippen LogP contribution in [0.25, 0.3) is 0 Å². The van der Waals surface area contributed by atoms with Crippen molar-refractivity contribution < 1.29 is 19.1 Å². The third-order valence-corrected chi connectivity index (χ3v) is 5.14. The molecular weight excluding hydrogens is 406 g/mol. The SMILES string of the molecule is CCC(=O)NC1CCCN(C(=O)Nc2cccc(C#Cc3cccc(C(=O)OC)c3)c2)C1. The zero-order valence-electron chi connectivity index (χ0n) is 18.3. The van der Waals surface area contributed by atoms with Gasteiger partial charge in [-0.05, 0) is 49.2 Å². The molecular formula is C25H27N3O4. The van der Waals surface area contributed by atoms with E-state index in [1.807, 2.05) is 25.1 Å². The Morgan fingerprint density at radius 2 is 1.81 bits per heavy atom. The Labute approximate surface area is 188 Å². The highest BCUT2D eigenvalue weighted by Gasteiger charge is 2.24. The van der Waals surface area contributed by atoms with Gasteiger partial charge in [0.05, 0.1) is 12.7 Å². The van der Waals surface area contributed by atoms with Gasteiger partial charge in [-0.1, -0.05) is 30.9 Å². The number of amides is 3. The van der Waals surface area contributed by atoms with Crippen LogP contribution in [-0.4, -0.2) is 49.0 Å². The fourth-order valence-electron chi connectivity index (χ4n) is 3.47. The Kier molecular flexibility index (Phi) is 7.87. The summed E-state index contributed by atoms with van der Waals surface area (Å²) in [6, 6.07) is 14.0. The van der Waals surface area contributed by atoms with Gasteiger partial charge in [0, 0.05) is 42.4 Å². The standard InChI is InChI=1S/C25H27N3O4/c1-3-23(29)26-22-11-6-14-28(17-22)25(31)27-21-10-5-8-19(16-21)13-12-18-7-4-9-20(15-18)24(30)32-2/h4-5,7-10,15-16,22H,3,6,11,14,17H2,1-2H3,(H,26,29)(H,27,31). The molecule has 2 aromatic carbocycles. The van der Waals surface area contributed by atoms with Crippen molar-refractivity contribution in [2.75, 3.05) is 25.5 Å². The average molecular weight is 434 g/mol. The molecule has 1 heterocycles. The van der Waals surface area contributed by atoms with E-state index >= 15 is 0 Å². The van der Waals surface area contributed by atoms with E-state index in [1.165, 1.54) is 7.11 Å². The summed E-state index contributed by atoms with van der Waals surface area (Å²) in [4.78, 5) is 37.8. The molecule has 0 bridgehead atoms. The van der Waals surface area contributed by atoms with Gasteiger partial charge in [-0.2, -0.15) is 0 Å². The molecule has 0 aromatic heterocycles. The lowest BCUT2D eigenvalue weighted by atomic mass is 10.1. The number of ether oxygens (including phenoxy) is 1. The number of carbonyl (C=O) groups excluding carboxylic acids is 3. The molecule has 2 aromatic rings. The maximum absolute atomic E-state index is 12.7. The van der Waals surface area contributed by atoms with Crippen molar-refractivity contribution in [3.63, 3.8) is 0 Å². The number of esters is 1. The number of hydrogen-bond acceptors (Lipinski definition) is 4. The lowest BCUT2D eigenvalue weighted by Crippen LogP contribution is -2.50. The molecule has 1 unspecified atom stereocenters. The Bertz CT molecular complexity index is 1050. The second kappa shape index (κ2) is 11.0. The number of carbonyl (C=O) groups is 3. The highest BCUT2D eigenvalue weighted by Crippen LogP contribution is 2.15. The Morgan fingerprint density at radius 1 is 1.09 bits per heavy atom. The number of rotatable bonds is 4.